The van der Waals surface area contributed by atoms with Crippen LogP contribution in [0.4, 0.5) is 0 Å². The predicted octanol–water partition coefficient (Wildman–Crippen LogP) is 4.47. The molecule has 0 spiro atoms. The van der Waals surface area contributed by atoms with Gasteiger partial charge in [0.2, 0.25) is 0 Å². The van der Waals surface area contributed by atoms with Gasteiger partial charge in [-0.15, -0.1) is 0 Å². The van der Waals surface area contributed by atoms with E-state index in [0.717, 1.165) is 13.0 Å². The maximum absolute atomic E-state index is 5.66. The smallest absolute Gasteiger partial charge is 0.157 e. The molecule has 1 heterocycles. The summed E-state index contributed by atoms with van der Waals surface area (Å²) in [7, 11) is 0. The Labute approximate surface area is 112 Å². The second kappa shape index (κ2) is 9.35. The summed E-state index contributed by atoms with van der Waals surface area (Å²) < 4.78 is 11.2. The van der Waals surface area contributed by atoms with E-state index in [1.54, 1.807) is 0 Å². The molecule has 1 saturated heterocycles. The third-order valence-electron chi connectivity index (χ3n) is 3.16. The molecule has 2 unspecified atom stereocenters. The van der Waals surface area contributed by atoms with Crippen molar-refractivity contribution in [3.05, 3.63) is 23.8 Å². The molecule has 104 valence electrons. The van der Waals surface area contributed by atoms with E-state index in [0.29, 0.717) is 12.5 Å². The van der Waals surface area contributed by atoms with Crippen LogP contribution in [0.25, 0.3) is 0 Å². The molecule has 1 fully saturated rings. The standard InChI is InChI=1S/C16H28O2/c1-14(2)8-6-9-15(3)10-7-13-18-16-11-4-5-12-17-16/h7-8,10,15-16H,4-6,9,11-13H2,1-3H3/b10-7+. The second-order valence-corrected chi connectivity index (χ2v) is 5.39. The molecular weight excluding hydrogens is 224 g/mol. The lowest BCUT2D eigenvalue weighted by Gasteiger charge is -2.21. The molecule has 0 amide bonds. The van der Waals surface area contributed by atoms with Gasteiger partial charge in [-0.2, -0.15) is 0 Å². The van der Waals surface area contributed by atoms with Crippen LogP contribution in [0.15, 0.2) is 23.8 Å². The molecule has 1 aliphatic heterocycles. The monoisotopic (exact) mass is 252 g/mol. The van der Waals surface area contributed by atoms with Gasteiger partial charge in [0.05, 0.1) is 6.61 Å². The first kappa shape index (κ1) is 15.5. The third kappa shape index (κ3) is 7.67. The third-order valence-corrected chi connectivity index (χ3v) is 3.16. The highest BCUT2D eigenvalue weighted by molar-refractivity contribution is 4.94. The number of hydrogen-bond donors (Lipinski definition) is 0. The minimum Gasteiger partial charge on any atom is -0.353 e. The molecule has 0 aromatic rings. The molecule has 0 radical (unpaired) electrons. The lowest BCUT2D eigenvalue weighted by Crippen LogP contribution is -2.22. The van der Waals surface area contributed by atoms with Crippen LogP contribution < -0.4 is 0 Å². The largest absolute Gasteiger partial charge is 0.353 e. The van der Waals surface area contributed by atoms with Crippen molar-refractivity contribution in [3.8, 4) is 0 Å². The Morgan fingerprint density at radius 2 is 2.22 bits per heavy atom. The molecule has 0 bridgehead atoms. The molecule has 1 aliphatic rings. The van der Waals surface area contributed by atoms with Crippen LogP contribution in [0.2, 0.25) is 0 Å². The van der Waals surface area contributed by atoms with Gasteiger partial charge in [0.25, 0.3) is 0 Å². The zero-order chi connectivity index (χ0) is 13.2. The van der Waals surface area contributed by atoms with Crippen LogP contribution >= 0.6 is 0 Å². The Kier molecular flexibility index (Phi) is 8.03. The van der Waals surface area contributed by atoms with E-state index in [1.165, 1.54) is 31.3 Å². The number of allylic oxidation sites excluding steroid dienone is 3. The van der Waals surface area contributed by atoms with Gasteiger partial charge in [-0.1, -0.05) is 30.7 Å². The van der Waals surface area contributed by atoms with Crippen LogP contribution in [0.5, 0.6) is 0 Å². The summed E-state index contributed by atoms with van der Waals surface area (Å²) in [5.41, 5.74) is 1.41. The molecule has 2 heteroatoms. The summed E-state index contributed by atoms with van der Waals surface area (Å²) in [6.07, 6.45) is 12.5. The number of hydrogen-bond acceptors (Lipinski definition) is 2. The fourth-order valence-corrected chi connectivity index (χ4v) is 2.02. The van der Waals surface area contributed by atoms with E-state index >= 15 is 0 Å². The van der Waals surface area contributed by atoms with Crippen LogP contribution in [-0.4, -0.2) is 19.5 Å². The summed E-state index contributed by atoms with van der Waals surface area (Å²) in [4.78, 5) is 0. The predicted molar refractivity (Wildman–Crippen MR) is 76.5 cm³/mol. The van der Waals surface area contributed by atoms with E-state index in [4.69, 9.17) is 9.47 Å². The van der Waals surface area contributed by atoms with Crippen molar-refractivity contribution in [1.29, 1.82) is 0 Å². The normalized spacial score (nSPS) is 22.1. The average molecular weight is 252 g/mol. The fourth-order valence-electron chi connectivity index (χ4n) is 2.02. The first-order valence-corrected chi connectivity index (χ1v) is 7.21. The molecule has 0 aliphatic carbocycles. The molecule has 0 aromatic carbocycles. The first-order chi connectivity index (χ1) is 8.68. The molecule has 2 nitrogen and oxygen atoms in total. The Morgan fingerprint density at radius 3 is 2.89 bits per heavy atom. The summed E-state index contributed by atoms with van der Waals surface area (Å²) in [6.45, 7) is 8.09. The van der Waals surface area contributed by atoms with Crippen LogP contribution in [-0.2, 0) is 9.47 Å². The molecule has 0 aromatic heterocycles. The highest BCUT2D eigenvalue weighted by Gasteiger charge is 2.12. The Morgan fingerprint density at radius 1 is 1.39 bits per heavy atom. The van der Waals surface area contributed by atoms with Crippen molar-refractivity contribution in [2.45, 2.75) is 59.2 Å². The van der Waals surface area contributed by atoms with Crippen molar-refractivity contribution >= 4 is 0 Å². The van der Waals surface area contributed by atoms with Gasteiger partial charge >= 0.3 is 0 Å². The van der Waals surface area contributed by atoms with Gasteiger partial charge in [0.1, 0.15) is 0 Å². The van der Waals surface area contributed by atoms with E-state index in [2.05, 4.69) is 39.0 Å². The first-order valence-electron chi connectivity index (χ1n) is 7.21. The van der Waals surface area contributed by atoms with Gasteiger partial charge in [-0.3, -0.25) is 0 Å². The quantitative estimate of drug-likeness (QED) is 0.622. The Hall–Kier alpha value is -0.600. The molecule has 1 rings (SSSR count). The van der Waals surface area contributed by atoms with E-state index in [9.17, 15) is 0 Å². The topological polar surface area (TPSA) is 18.5 Å². The average Bonchev–Trinajstić information content (AvgIpc) is 2.35. The Bertz CT molecular complexity index is 258. The van der Waals surface area contributed by atoms with Gasteiger partial charge in [-0.25, -0.2) is 0 Å². The maximum atomic E-state index is 5.66. The number of ether oxygens (including phenoxy) is 2. The van der Waals surface area contributed by atoms with Crippen molar-refractivity contribution in [3.63, 3.8) is 0 Å². The van der Waals surface area contributed by atoms with E-state index < -0.39 is 0 Å². The molecule has 0 N–H and O–H groups in total. The maximum Gasteiger partial charge on any atom is 0.157 e. The minimum atomic E-state index is 0.0318. The summed E-state index contributed by atoms with van der Waals surface area (Å²) in [5.74, 6) is 0.622. The van der Waals surface area contributed by atoms with Crippen molar-refractivity contribution in [2.75, 3.05) is 13.2 Å². The fraction of sp³-hybridized carbons (Fsp3) is 0.750. The summed E-state index contributed by atoms with van der Waals surface area (Å²) in [5, 5.41) is 0. The Balaban J connectivity index is 2.06. The molecule has 0 saturated carbocycles. The molecule has 2 atom stereocenters. The zero-order valence-electron chi connectivity index (χ0n) is 12.2. The zero-order valence-corrected chi connectivity index (χ0v) is 12.2. The van der Waals surface area contributed by atoms with Gasteiger partial charge in [0, 0.05) is 6.61 Å². The SMILES string of the molecule is CC(C)=CCCC(C)/C=C/COC1CCCCO1. The van der Waals surface area contributed by atoms with Gasteiger partial charge in [-0.05, 0) is 51.9 Å². The second-order valence-electron chi connectivity index (χ2n) is 5.39. The minimum absolute atomic E-state index is 0.0318. The number of rotatable bonds is 7. The van der Waals surface area contributed by atoms with Crippen LogP contribution in [0.1, 0.15) is 52.9 Å². The van der Waals surface area contributed by atoms with Crippen LogP contribution in [0.3, 0.4) is 0 Å². The lowest BCUT2D eigenvalue weighted by atomic mass is 10.0. The summed E-state index contributed by atoms with van der Waals surface area (Å²) in [6, 6.07) is 0. The van der Waals surface area contributed by atoms with E-state index in [-0.39, 0.29) is 6.29 Å². The van der Waals surface area contributed by atoms with Crippen molar-refractivity contribution in [1.82, 2.24) is 0 Å². The highest BCUT2D eigenvalue weighted by atomic mass is 16.7. The molecular formula is C16H28O2. The van der Waals surface area contributed by atoms with E-state index in [1.807, 2.05) is 0 Å². The lowest BCUT2D eigenvalue weighted by molar-refractivity contribution is -0.155. The summed E-state index contributed by atoms with van der Waals surface area (Å²) >= 11 is 0. The molecule has 18 heavy (non-hydrogen) atoms. The van der Waals surface area contributed by atoms with Gasteiger partial charge in [0.15, 0.2) is 6.29 Å². The highest BCUT2D eigenvalue weighted by Crippen LogP contribution is 2.14. The van der Waals surface area contributed by atoms with Gasteiger partial charge < -0.3 is 9.47 Å². The van der Waals surface area contributed by atoms with Crippen molar-refractivity contribution in [2.24, 2.45) is 5.92 Å². The van der Waals surface area contributed by atoms with Crippen molar-refractivity contribution < 1.29 is 9.47 Å². The van der Waals surface area contributed by atoms with Crippen LogP contribution in [0, 0.1) is 5.92 Å².